The molecule has 0 aromatic heterocycles. The van der Waals surface area contributed by atoms with Gasteiger partial charge in [0.05, 0.1) is 5.92 Å². The van der Waals surface area contributed by atoms with Crippen molar-refractivity contribution in [2.24, 2.45) is 0 Å². The highest BCUT2D eigenvalue weighted by atomic mass is 32.2. The lowest BCUT2D eigenvalue weighted by atomic mass is 9.95. The summed E-state index contributed by atoms with van der Waals surface area (Å²) in [6, 6.07) is 12.1. The molecule has 0 spiro atoms. The van der Waals surface area contributed by atoms with Gasteiger partial charge in [0, 0.05) is 16.0 Å². The Bertz CT molecular complexity index is 707. The van der Waals surface area contributed by atoms with E-state index in [-0.39, 0.29) is 5.82 Å². The number of benzene rings is 2. The van der Waals surface area contributed by atoms with E-state index in [0.717, 1.165) is 16.7 Å². The molecule has 1 aliphatic heterocycles. The highest BCUT2D eigenvalue weighted by Crippen LogP contribution is 2.37. The molecule has 2 aromatic carbocycles. The van der Waals surface area contributed by atoms with Crippen molar-refractivity contribution in [3.05, 3.63) is 65.5 Å². The quantitative estimate of drug-likeness (QED) is 0.625. The van der Waals surface area contributed by atoms with Crippen LogP contribution >= 0.6 is 11.8 Å². The van der Waals surface area contributed by atoms with Crippen LogP contribution in [0.1, 0.15) is 17.0 Å². The zero-order valence-electron chi connectivity index (χ0n) is 11.4. The fraction of sp³-hybridized carbons (Fsp3) is 0.118. The number of carbonyl (C=O) groups is 1. The molecule has 0 fully saturated rings. The molecule has 0 saturated carbocycles. The number of rotatable bonds is 3. The van der Waals surface area contributed by atoms with Gasteiger partial charge in [0.2, 0.25) is 0 Å². The van der Waals surface area contributed by atoms with Gasteiger partial charge in [0.1, 0.15) is 23.6 Å². The number of allylic oxidation sites excluding steroid dienone is 1. The van der Waals surface area contributed by atoms with Crippen molar-refractivity contribution in [3.63, 3.8) is 0 Å². The molecule has 0 bridgehead atoms. The number of hydrogen-bond acceptors (Lipinski definition) is 3. The van der Waals surface area contributed by atoms with Crippen molar-refractivity contribution in [1.29, 1.82) is 0 Å². The number of carbonyl (C=O) groups excluding carboxylic acids is 1. The molecule has 2 nitrogen and oxygen atoms in total. The van der Waals surface area contributed by atoms with Crippen LogP contribution in [0.25, 0.3) is 5.76 Å². The first kappa shape index (κ1) is 13.9. The Morgan fingerprint density at radius 3 is 2.62 bits per heavy atom. The Kier molecular flexibility index (Phi) is 3.80. The van der Waals surface area contributed by atoms with Crippen LogP contribution in [-0.4, -0.2) is 12.5 Å². The molecule has 0 saturated heterocycles. The number of ether oxygens (including phenoxy) is 1. The van der Waals surface area contributed by atoms with Crippen LogP contribution in [0, 0.1) is 5.82 Å². The summed E-state index contributed by atoms with van der Waals surface area (Å²) in [5.41, 5.74) is 1.46. The second kappa shape index (κ2) is 5.74. The van der Waals surface area contributed by atoms with E-state index in [1.54, 1.807) is 23.9 Å². The maximum Gasteiger partial charge on any atom is 0.131 e. The van der Waals surface area contributed by atoms with Crippen LogP contribution in [0.4, 0.5) is 4.39 Å². The van der Waals surface area contributed by atoms with Gasteiger partial charge in [-0.1, -0.05) is 12.1 Å². The third-order valence-electron chi connectivity index (χ3n) is 3.40. The molecule has 21 heavy (non-hydrogen) atoms. The minimum Gasteiger partial charge on any atom is -0.457 e. The van der Waals surface area contributed by atoms with E-state index in [1.807, 2.05) is 30.5 Å². The van der Waals surface area contributed by atoms with E-state index in [4.69, 9.17) is 4.74 Å². The first-order chi connectivity index (χ1) is 10.2. The van der Waals surface area contributed by atoms with Gasteiger partial charge >= 0.3 is 0 Å². The van der Waals surface area contributed by atoms with Crippen LogP contribution in [0.2, 0.25) is 0 Å². The first-order valence-corrected chi connectivity index (χ1v) is 7.72. The first-order valence-electron chi connectivity index (χ1n) is 6.50. The molecule has 106 valence electrons. The van der Waals surface area contributed by atoms with Gasteiger partial charge in [0.15, 0.2) is 0 Å². The number of aldehydes is 1. The second-order valence-corrected chi connectivity index (χ2v) is 5.59. The topological polar surface area (TPSA) is 26.3 Å². The fourth-order valence-corrected chi connectivity index (χ4v) is 2.71. The predicted octanol–water partition coefficient (Wildman–Crippen LogP) is 4.26. The summed E-state index contributed by atoms with van der Waals surface area (Å²) in [7, 11) is 0. The average Bonchev–Trinajstić information content (AvgIpc) is 2.54. The minimum atomic E-state index is -0.486. The van der Waals surface area contributed by atoms with Crippen LogP contribution in [-0.2, 0) is 4.79 Å². The van der Waals surface area contributed by atoms with E-state index in [0.29, 0.717) is 17.1 Å². The van der Waals surface area contributed by atoms with Crippen molar-refractivity contribution in [2.45, 2.75) is 10.8 Å². The van der Waals surface area contributed by atoms with Gasteiger partial charge in [-0.05, 0) is 42.7 Å². The third kappa shape index (κ3) is 2.72. The van der Waals surface area contributed by atoms with Crippen molar-refractivity contribution in [2.75, 3.05) is 6.26 Å². The van der Waals surface area contributed by atoms with Crippen LogP contribution in [0.5, 0.6) is 5.75 Å². The van der Waals surface area contributed by atoms with Gasteiger partial charge in [-0.2, -0.15) is 0 Å². The Labute approximate surface area is 126 Å². The molecule has 1 unspecified atom stereocenters. The molecular weight excluding hydrogens is 287 g/mol. The Balaban J connectivity index is 1.99. The summed E-state index contributed by atoms with van der Waals surface area (Å²) in [6.07, 6.45) is 4.54. The lowest BCUT2D eigenvalue weighted by Crippen LogP contribution is -2.10. The number of halogens is 1. The number of fused-ring (bicyclic) bond motifs is 1. The Hall–Kier alpha value is -2.07. The van der Waals surface area contributed by atoms with Gasteiger partial charge < -0.3 is 9.53 Å². The van der Waals surface area contributed by atoms with E-state index in [1.165, 1.54) is 12.1 Å². The maximum absolute atomic E-state index is 13.3. The van der Waals surface area contributed by atoms with Gasteiger partial charge in [-0.25, -0.2) is 4.39 Å². The molecular formula is C17H13FO2S. The summed E-state index contributed by atoms with van der Waals surface area (Å²) >= 11 is 1.66. The monoisotopic (exact) mass is 300 g/mol. The van der Waals surface area contributed by atoms with Crippen molar-refractivity contribution in [1.82, 2.24) is 0 Å². The Morgan fingerprint density at radius 2 is 1.95 bits per heavy atom. The largest absolute Gasteiger partial charge is 0.457 e. The highest BCUT2D eigenvalue weighted by Gasteiger charge is 2.22. The molecule has 4 heteroatoms. The molecule has 1 heterocycles. The van der Waals surface area contributed by atoms with Crippen LogP contribution < -0.4 is 4.74 Å². The van der Waals surface area contributed by atoms with Crippen LogP contribution in [0.3, 0.4) is 0 Å². The van der Waals surface area contributed by atoms with Crippen LogP contribution in [0.15, 0.2) is 53.4 Å². The molecule has 0 aliphatic carbocycles. The smallest absolute Gasteiger partial charge is 0.131 e. The lowest BCUT2D eigenvalue weighted by Gasteiger charge is -2.22. The molecule has 0 amide bonds. The molecule has 3 rings (SSSR count). The zero-order valence-corrected chi connectivity index (χ0v) is 12.2. The highest BCUT2D eigenvalue weighted by molar-refractivity contribution is 7.98. The van der Waals surface area contributed by atoms with Gasteiger partial charge in [-0.3, -0.25) is 0 Å². The number of thioether (sulfide) groups is 1. The van der Waals surface area contributed by atoms with Gasteiger partial charge in [0.25, 0.3) is 0 Å². The zero-order chi connectivity index (χ0) is 14.8. The standard InChI is InChI=1S/C17H13FO2S/c1-21-14-5-2-11(3-6-14)17-8-12(10-19)15-9-13(18)4-7-16(15)20-17/h2-10,12H,1H3. The summed E-state index contributed by atoms with van der Waals surface area (Å²) < 4.78 is 19.1. The van der Waals surface area contributed by atoms with Gasteiger partial charge in [-0.15, -0.1) is 11.8 Å². The minimum absolute atomic E-state index is 0.370. The van der Waals surface area contributed by atoms with Crippen molar-refractivity contribution in [3.8, 4) is 5.75 Å². The number of hydrogen-bond donors (Lipinski definition) is 0. The lowest BCUT2D eigenvalue weighted by molar-refractivity contribution is -0.108. The van der Waals surface area contributed by atoms with E-state index in [2.05, 4.69) is 0 Å². The molecule has 1 aliphatic rings. The third-order valence-corrected chi connectivity index (χ3v) is 4.15. The second-order valence-electron chi connectivity index (χ2n) is 4.71. The maximum atomic E-state index is 13.3. The molecule has 2 aromatic rings. The SMILES string of the molecule is CSc1ccc(C2=CC(C=O)c3cc(F)ccc3O2)cc1. The summed E-state index contributed by atoms with van der Waals surface area (Å²) in [6.45, 7) is 0. The fourth-order valence-electron chi connectivity index (χ4n) is 2.30. The molecule has 0 N–H and O–H groups in total. The van der Waals surface area contributed by atoms with E-state index >= 15 is 0 Å². The predicted molar refractivity (Wildman–Crippen MR) is 82.0 cm³/mol. The van der Waals surface area contributed by atoms with Crippen molar-refractivity contribution >= 4 is 23.8 Å². The normalized spacial score (nSPS) is 16.7. The van der Waals surface area contributed by atoms with E-state index < -0.39 is 5.92 Å². The summed E-state index contributed by atoms with van der Waals surface area (Å²) in [4.78, 5) is 12.4. The van der Waals surface area contributed by atoms with E-state index in [9.17, 15) is 9.18 Å². The Morgan fingerprint density at radius 1 is 1.19 bits per heavy atom. The molecule has 0 radical (unpaired) electrons. The van der Waals surface area contributed by atoms with Crippen molar-refractivity contribution < 1.29 is 13.9 Å². The summed E-state index contributed by atoms with van der Waals surface area (Å²) in [5, 5.41) is 0. The summed E-state index contributed by atoms with van der Waals surface area (Å²) in [5.74, 6) is 0.295. The average molecular weight is 300 g/mol. The molecule has 1 atom stereocenters.